The number of nitrogens with zero attached hydrogens (tertiary/aromatic N) is 2. The van der Waals surface area contributed by atoms with E-state index in [9.17, 15) is 14.4 Å². The lowest BCUT2D eigenvalue weighted by Crippen LogP contribution is -2.48. The predicted octanol–water partition coefficient (Wildman–Crippen LogP) is 0.0884. The summed E-state index contributed by atoms with van der Waals surface area (Å²) in [6.45, 7) is 4.56. The van der Waals surface area contributed by atoms with Gasteiger partial charge in [0.1, 0.15) is 0 Å². The Kier molecular flexibility index (Phi) is 3.08. The summed E-state index contributed by atoms with van der Waals surface area (Å²) < 4.78 is 0. The van der Waals surface area contributed by atoms with Crippen molar-refractivity contribution in [3.05, 3.63) is 24.8 Å². The predicted molar refractivity (Wildman–Crippen MR) is 60.8 cm³/mol. The number of piperidine rings is 1. The molecular formula is C12H14N2O3. The van der Waals surface area contributed by atoms with Gasteiger partial charge in [-0.3, -0.25) is 19.3 Å². The van der Waals surface area contributed by atoms with Crippen molar-refractivity contribution >= 4 is 17.7 Å². The van der Waals surface area contributed by atoms with E-state index in [0.717, 1.165) is 0 Å². The molecule has 2 heterocycles. The van der Waals surface area contributed by atoms with Gasteiger partial charge in [0.15, 0.2) is 0 Å². The van der Waals surface area contributed by atoms with Crippen molar-refractivity contribution in [1.29, 1.82) is 0 Å². The largest absolute Gasteiger partial charge is 0.339 e. The number of hydrogen-bond acceptors (Lipinski definition) is 3. The van der Waals surface area contributed by atoms with Crippen LogP contribution < -0.4 is 0 Å². The lowest BCUT2D eigenvalue weighted by Gasteiger charge is -2.35. The van der Waals surface area contributed by atoms with Gasteiger partial charge >= 0.3 is 0 Å². The van der Waals surface area contributed by atoms with Crippen molar-refractivity contribution in [1.82, 2.24) is 9.80 Å². The number of carbonyl (C=O) groups is 3. The third kappa shape index (κ3) is 2.13. The highest BCUT2D eigenvalue weighted by molar-refractivity contribution is 6.13. The second-order valence-electron chi connectivity index (χ2n) is 4.14. The summed E-state index contributed by atoms with van der Waals surface area (Å²) in [6, 6.07) is -0.0844. The van der Waals surface area contributed by atoms with Crippen LogP contribution in [-0.2, 0) is 14.4 Å². The third-order valence-electron chi connectivity index (χ3n) is 3.16. The minimum absolute atomic E-state index is 0.0844. The first kappa shape index (κ1) is 11.6. The summed E-state index contributed by atoms with van der Waals surface area (Å²) in [5.74, 6) is -0.590. The first-order chi connectivity index (χ1) is 8.13. The van der Waals surface area contributed by atoms with Gasteiger partial charge in [0.05, 0.1) is 0 Å². The second-order valence-corrected chi connectivity index (χ2v) is 4.14. The van der Waals surface area contributed by atoms with E-state index in [0.29, 0.717) is 25.9 Å². The van der Waals surface area contributed by atoms with Crippen LogP contribution in [0.2, 0.25) is 0 Å². The van der Waals surface area contributed by atoms with E-state index < -0.39 is 0 Å². The molecule has 2 aliphatic heterocycles. The number of carbonyl (C=O) groups excluding carboxylic acids is 3. The molecule has 5 heteroatoms. The molecule has 0 unspecified atom stereocenters. The van der Waals surface area contributed by atoms with Gasteiger partial charge in [-0.2, -0.15) is 0 Å². The molecule has 2 rings (SSSR count). The molecule has 17 heavy (non-hydrogen) atoms. The summed E-state index contributed by atoms with van der Waals surface area (Å²) in [7, 11) is 0. The van der Waals surface area contributed by atoms with Crippen molar-refractivity contribution in [2.45, 2.75) is 18.9 Å². The van der Waals surface area contributed by atoms with Crippen molar-refractivity contribution in [3.8, 4) is 0 Å². The minimum atomic E-state index is -0.247. The monoisotopic (exact) mass is 234 g/mol. The molecule has 0 aliphatic carbocycles. The van der Waals surface area contributed by atoms with Crippen LogP contribution in [-0.4, -0.2) is 46.7 Å². The fraction of sp³-hybridized carbons (Fsp3) is 0.417. The van der Waals surface area contributed by atoms with Gasteiger partial charge in [0.2, 0.25) is 5.91 Å². The summed E-state index contributed by atoms with van der Waals surface area (Å²) >= 11 is 0. The summed E-state index contributed by atoms with van der Waals surface area (Å²) in [5.41, 5.74) is 0. The van der Waals surface area contributed by atoms with Gasteiger partial charge in [0, 0.05) is 31.3 Å². The van der Waals surface area contributed by atoms with Gasteiger partial charge in [-0.1, -0.05) is 6.58 Å². The van der Waals surface area contributed by atoms with E-state index in [1.54, 1.807) is 4.90 Å². The quantitative estimate of drug-likeness (QED) is 0.502. The summed E-state index contributed by atoms with van der Waals surface area (Å²) in [6.07, 6.45) is 5.15. The van der Waals surface area contributed by atoms with Gasteiger partial charge in [-0.25, -0.2) is 0 Å². The molecule has 5 nitrogen and oxygen atoms in total. The Morgan fingerprint density at radius 2 is 1.76 bits per heavy atom. The van der Waals surface area contributed by atoms with Crippen LogP contribution in [0.3, 0.4) is 0 Å². The number of amides is 3. The van der Waals surface area contributed by atoms with Gasteiger partial charge in [0.25, 0.3) is 11.8 Å². The van der Waals surface area contributed by atoms with Gasteiger partial charge in [-0.15, -0.1) is 0 Å². The SMILES string of the molecule is C=CC(=O)N1CCC(N2C(=O)C=CC2=O)CC1. The molecule has 0 aromatic rings. The summed E-state index contributed by atoms with van der Waals surface area (Å²) in [4.78, 5) is 37.3. The number of imide groups is 1. The molecule has 0 N–H and O–H groups in total. The Labute approximate surface area is 99.4 Å². The Balaban J connectivity index is 1.96. The zero-order chi connectivity index (χ0) is 12.4. The Bertz CT molecular complexity index is 388. The lowest BCUT2D eigenvalue weighted by molar-refractivity contribution is -0.140. The van der Waals surface area contributed by atoms with Crippen LogP contribution in [0.4, 0.5) is 0 Å². The minimum Gasteiger partial charge on any atom is -0.339 e. The third-order valence-corrected chi connectivity index (χ3v) is 3.16. The van der Waals surface area contributed by atoms with E-state index in [-0.39, 0.29) is 23.8 Å². The van der Waals surface area contributed by atoms with Crippen LogP contribution in [0.25, 0.3) is 0 Å². The smallest absolute Gasteiger partial charge is 0.253 e. The fourth-order valence-corrected chi connectivity index (χ4v) is 2.25. The standard InChI is InChI=1S/C12H14N2O3/c1-2-10(15)13-7-5-9(6-8-13)14-11(16)3-4-12(14)17/h2-4,9H,1,5-8H2. The lowest BCUT2D eigenvalue weighted by atomic mass is 10.0. The molecule has 3 amide bonds. The zero-order valence-electron chi connectivity index (χ0n) is 9.46. The van der Waals surface area contributed by atoms with Crippen molar-refractivity contribution < 1.29 is 14.4 Å². The molecule has 0 bridgehead atoms. The highest BCUT2D eigenvalue weighted by Gasteiger charge is 2.33. The second kappa shape index (κ2) is 4.53. The molecule has 90 valence electrons. The summed E-state index contributed by atoms with van der Waals surface area (Å²) in [5, 5.41) is 0. The number of rotatable bonds is 2. The molecule has 0 spiro atoms. The maximum absolute atomic E-state index is 11.5. The van der Waals surface area contributed by atoms with E-state index >= 15 is 0 Å². The van der Waals surface area contributed by atoms with Crippen LogP contribution in [0, 0.1) is 0 Å². The first-order valence-corrected chi connectivity index (χ1v) is 5.60. The molecule has 0 atom stereocenters. The fourth-order valence-electron chi connectivity index (χ4n) is 2.25. The van der Waals surface area contributed by atoms with Crippen molar-refractivity contribution in [2.75, 3.05) is 13.1 Å². The van der Waals surface area contributed by atoms with E-state index in [1.807, 2.05) is 0 Å². The Morgan fingerprint density at radius 3 is 2.24 bits per heavy atom. The molecular weight excluding hydrogens is 220 g/mol. The number of likely N-dealkylation sites (tertiary alicyclic amines) is 1. The van der Waals surface area contributed by atoms with E-state index in [4.69, 9.17) is 0 Å². The highest BCUT2D eigenvalue weighted by Crippen LogP contribution is 2.20. The molecule has 1 saturated heterocycles. The molecule has 0 saturated carbocycles. The van der Waals surface area contributed by atoms with E-state index in [2.05, 4.69) is 6.58 Å². The van der Waals surface area contributed by atoms with Crippen LogP contribution in [0.15, 0.2) is 24.8 Å². The molecule has 2 aliphatic rings. The molecule has 0 aromatic carbocycles. The van der Waals surface area contributed by atoms with Crippen molar-refractivity contribution in [2.24, 2.45) is 0 Å². The average molecular weight is 234 g/mol. The maximum Gasteiger partial charge on any atom is 0.253 e. The van der Waals surface area contributed by atoms with Crippen LogP contribution in [0.1, 0.15) is 12.8 Å². The van der Waals surface area contributed by atoms with Crippen molar-refractivity contribution in [3.63, 3.8) is 0 Å². The Hall–Kier alpha value is -1.91. The number of hydrogen-bond donors (Lipinski definition) is 0. The Morgan fingerprint density at radius 1 is 1.24 bits per heavy atom. The van der Waals surface area contributed by atoms with Gasteiger partial charge < -0.3 is 4.90 Å². The molecule has 0 aromatic heterocycles. The van der Waals surface area contributed by atoms with E-state index in [1.165, 1.54) is 23.1 Å². The molecule has 1 fully saturated rings. The normalized spacial score (nSPS) is 21.2. The van der Waals surface area contributed by atoms with Gasteiger partial charge in [-0.05, 0) is 18.9 Å². The maximum atomic E-state index is 11.5. The highest BCUT2D eigenvalue weighted by atomic mass is 16.2. The topological polar surface area (TPSA) is 57.7 Å². The average Bonchev–Trinajstić information content (AvgIpc) is 2.68. The first-order valence-electron chi connectivity index (χ1n) is 5.60. The van der Waals surface area contributed by atoms with Crippen LogP contribution >= 0.6 is 0 Å². The van der Waals surface area contributed by atoms with Crippen LogP contribution in [0.5, 0.6) is 0 Å². The zero-order valence-corrected chi connectivity index (χ0v) is 9.46. The molecule has 0 radical (unpaired) electrons.